The molecule has 0 aromatic heterocycles. The van der Waals surface area contributed by atoms with Gasteiger partial charge in [0.25, 0.3) is 0 Å². The van der Waals surface area contributed by atoms with Crippen LogP contribution in [0.3, 0.4) is 0 Å². The third-order valence-electron chi connectivity index (χ3n) is 3.29. The number of hydrogen-bond donors (Lipinski definition) is 1. The summed E-state index contributed by atoms with van der Waals surface area (Å²) in [7, 11) is 0. The highest BCUT2D eigenvalue weighted by atomic mass is 32.1. The molecule has 0 amide bonds. The van der Waals surface area contributed by atoms with Gasteiger partial charge in [-0.3, -0.25) is 0 Å². The average molecular weight is 266 g/mol. The summed E-state index contributed by atoms with van der Waals surface area (Å²) >= 11 is 5.38. The molecule has 0 bridgehead atoms. The van der Waals surface area contributed by atoms with E-state index in [1.54, 1.807) is 12.1 Å². The van der Waals surface area contributed by atoms with E-state index in [2.05, 4.69) is 10.2 Å². The summed E-state index contributed by atoms with van der Waals surface area (Å²) in [6, 6.07) is 6.33. The van der Waals surface area contributed by atoms with E-state index in [0.717, 1.165) is 6.54 Å². The van der Waals surface area contributed by atoms with Crippen LogP contribution in [0, 0.1) is 11.7 Å². The number of anilines is 1. The van der Waals surface area contributed by atoms with Crippen molar-refractivity contribution in [3.63, 3.8) is 0 Å². The van der Waals surface area contributed by atoms with E-state index in [0.29, 0.717) is 23.3 Å². The van der Waals surface area contributed by atoms with Crippen LogP contribution < -0.4 is 5.32 Å². The molecule has 1 N–H and O–H groups in total. The summed E-state index contributed by atoms with van der Waals surface area (Å²) in [4.78, 5) is 2.07. The van der Waals surface area contributed by atoms with Gasteiger partial charge < -0.3 is 15.0 Å². The normalized spacial score (nSPS) is 23.2. The van der Waals surface area contributed by atoms with Crippen LogP contribution in [0.25, 0.3) is 0 Å². The first-order valence-electron chi connectivity index (χ1n) is 6.19. The number of halogens is 1. The maximum absolute atomic E-state index is 13.1. The Hall–Kier alpha value is -1.20. The average Bonchev–Trinajstić information content (AvgIpc) is 3.06. The molecule has 2 fully saturated rings. The van der Waals surface area contributed by atoms with Crippen LogP contribution in [-0.4, -0.2) is 29.4 Å². The van der Waals surface area contributed by atoms with Crippen LogP contribution >= 0.6 is 12.2 Å². The molecule has 0 radical (unpaired) electrons. The van der Waals surface area contributed by atoms with Crippen molar-refractivity contribution in [2.75, 3.05) is 18.5 Å². The molecule has 3 rings (SSSR count). The van der Waals surface area contributed by atoms with Crippen molar-refractivity contribution in [1.82, 2.24) is 4.90 Å². The van der Waals surface area contributed by atoms with Crippen molar-refractivity contribution < 1.29 is 9.13 Å². The Morgan fingerprint density at radius 1 is 1.44 bits per heavy atom. The fourth-order valence-electron chi connectivity index (χ4n) is 2.24. The van der Waals surface area contributed by atoms with E-state index in [1.807, 2.05) is 0 Å². The Morgan fingerprint density at radius 2 is 2.28 bits per heavy atom. The number of rotatable bonds is 2. The first-order chi connectivity index (χ1) is 8.74. The molecule has 3 nitrogen and oxygen atoms in total. The Kier molecular flexibility index (Phi) is 3.18. The van der Waals surface area contributed by atoms with Crippen LogP contribution in [0.1, 0.15) is 12.8 Å². The quantitative estimate of drug-likeness (QED) is 0.832. The van der Waals surface area contributed by atoms with E-state index in [-0.39, 0.29) is 12.0 Å². The standard InChI is InChI=1S/C13H15FN2OS/c14-10-2-1-3-11(8-10)15-13(18)16-6-7-17-12(16)9-4-5-9/h1-3,8-9,12H,4-7H2,(H,15,18). The fraction of sp³-hybridized carbons (Fsp3) is 0.462. The summed E-state index contributed by atoms with van der Waals surface area (Å²) < 4.78 is 18.8. The molecule has 1 aliphatic heterocycles. The highest BCUT2D eigenvalue weighted by molar-refractivity contribution is 7.80. The molecule has 1 unspecified atom stereocenters. The van der Waals surface area contributed by atoms with Crippen LogP contribution in [-0.2, 0) is 4.74 Å². The maximum atomic E-state index is 13.1. The second kappa shape index (κ2) is 4.82. The lowest BCUT2D eigenvalue weighted by Gasteiger charge is -2.25. The Morgan fingerprint density at radius 3 is 3.00 bits per heavy atom. The molecule has 5 heteroatoms. The van der Waals surface area contributed by atoms with Crippen LogP contribution in [0.4, 0.5) is 10.1 Å². The zero-order valence-corrected chi connectivity index (χ0v) is 10.8. The highest BCUT2D eigenvalue weighted by Crippen LogP contribution is 2.37. The van der Waals surface area contributed by atoms with Crippen molar-refractivity contribution in [2.45, 2.75) is 19.1 Å². The Balaban J connectivity index is 1.67. The summed E-state index contributed by atoms with van der Waals surface area (Å²) in [5.41, 5.74) is 0.682. The van der Waals surface area contributed by atoms with Gasteiger partial charge in [-0.15, -0.1) is 0 Å². The van der Waals surface area contributed by atoms with Gasteiger partial charge in [0.2, 0.25) is 0 Å². The first kappa shape index (κ1) is 11.9. The number of hydrogen-bond acceptors (Lipinski definition) is 2. The summed E-state index contributed by atoms with van der Waals surface area (Å²) in [6.45, 7) is 1.52. The van der Waals surface area contributed by atoms with Gasteiger partial charge in [-0.05, 0) is 43.3 Å². The fourth-order valence-corrected chi connectivity index (χ4v) is 2.55. The second-order valence-corrected chi connectivity index (χ2v) is 5.12. The van der Waals surface area contributed by atoms with Gasteiger partial charge in [-0.2, -0.15) is 0 Å². The lowest BCUT2D eigenvalue weighted by molar-refractivity contribution is 0.0463. The Bertz CT molecular complexity index is 464. The third kappa shape index (κ3) is 2.47. The van der Waals surface area contributed by atoms with Gasteiger partial charge in [0.05, 0.1) is 6.61 Å². The van der Waals surface area contributed by atoms with E-state index < -0.39 is 0 Å². The van der Waals surface area contributed by atoms with Crippen LogP contribution in [0.5, 0.6) is 0 Å². The zero-order chi connectivity index (χ0) is 12.5. The predicted molar refractivity (Wildman–Crippen MR) is 71.8 cm³/mol. The van der Waals surface area contributed by atoms with E-state index in [4.69, 9.17) is 17.0 Å². The van der Waals surface area contributed by atoms with E-state index in [1.165, 1.54) is 25.0 Å². The minimum Gasteiger partial charge on any atom is -0.356 e. The predicted octanol–water partition coefficient (Wildman–Crippen LogP) is 2.59. The topological polar surface area (TPSA) is 24.5 Å². The monoisotopic (exact) mass is 266 g/mol. The molecule has 1 aromatic rings. The molecule has 1 saturated heterocycles. The molecule has 1 heterocycles. The molecular formula is C13H15FN2OS. The third-order valence-corrected chi connectivity index (χ3v) is 3.63. The molecule has 2 aliphatic rings. The van der Waals surface area contributed by atoms with E-state index in [9.17, 15) is 4.39 Å². The first-order valence-corrected chi connectivity index (χ1v) is 6.59. The number of nitrogens with zero attached hydrogens (tertiary/aromatic N) is 1. The number of nitrogens with one attached hydrogen (secondary N) is 1. The molecule has 1 atom stereocenters. The van der Waals surface area contributed by atoms with Crippen LogP contribution in [0.2, 0.25) is 0 Å². The molecule has 18 heavy (non-hydrogen) atoms. The minimum atomic E-state index is -0.265. The zero-order valence-electron chi connectivity index (χ0n) is 9.93. The van der Waals surface area contributed by atoms with E-state index >= 15 is 0 Å². The van der Waals surface area contributed by atoms with Crippen molar-refractivity contribution in [3.8, 4) is 0 Å². The molecule has 96 valence electrons. The van der Waals surface area contributed by atoms with Gasteiger partial charge in [0.1, 0.15) is 12.0 Å². The van der Waals surface area contributed by atoms with Gasteiger partial charge in [-0.25, -0.2) is 4.39 Å². The molecular weight excluding hydrogens is 251 g/mol. The largest absolute Gasteiger partial charge is 0.356 e. The number of benzene rings is 1. The highest BCUT2D eigenvalue weighted by Gasteiger charge is 2.40. The Labute approximate surface area is 111 Å². The summed E-state index contributed by atoms with van der Waals surface area (Å²) in [5, 5.41) is 3.70. The van der Waals surface area contributed by atoms with Crippen LogP contribution in [0.15, 0.2) is 24.3 Å². The lowest BCUT2D eigenvalue weighted by atomic mass is 10.3. The maximum Gasteiger partial charge on any atom is 0.175 e. The SMILES string of the molecule is Fc1cccc(NC(=S)N2CCOC2C2CC2)c1. The molecule has 0 spiro atoms. The minimum absolute atomic E-state index is 0.110. The van der Waals surface area contributed by atoms with Crippen molar-refractivity contribution in [3.05, 3.63) is 30.1 Å². The van der Waals surface area contributed by atoms with Crippen molar-refractivity contribution in [1.29, 1.82) is 0 Å². The second-order valence-electron chi connectivity index (χ2n) is 4.73. The number of thiocarbonyl (C=S) groups is 1. The molecule has 1 aliphatic carbocycles. The lowest BCUT2D eigenvalue weighted by Crippen LogP contribution is -2.40. The summed E-state index contributed by atoms with van der Waals surface area (Å²) in [5.74, 6) is 0.346. The van der Waals surface area contributed by atoms with Crippen molar-refractivity contribution >= 4 is 23.0 Å². The summed E-state index contributed by atoms with van der Waals surface area (Å²) in [6.07, 6.45) is 2.53. The van der Waals surface area contributed by atoms with Gasteiger partial charge in [0, 0.05) is 18.2 Å². The molecule has 1 aromatic carbocycles. The van der Waals surface area contributed by atoms with Gasteiger partial charge >= 0.3 is 0 Å². The van der Waals surface area contributed by atoms with Gasteiger partial charge in [0.15, 0.2) is 5.11 Å². The molecule has 1 saturated carbocycles. The number of ether oxygens (including phenoxy) is 1. The van der Waals surface area contributed by atoms with Gasteiger partial charge in [-0.1, -0.05) is 6.07 Å². The smallest absolute Gasteiger partial charge is 0.175 e. The van der Waals surface area contributed by atoms with Crippen molar-refractivity contribution in [2.24, 2.45) is 5.92 Å².